The molecule has 0 amide bonds. The molecule has 0 saturated carbocycles. The van der Waals surface area contributed by atoms with Gasteiger partial charge in [0.05, 0.1) is 25.4 Å². The summed E-state index contributed by atoms with van der Waals surface area (Å²) in [4.78, 5) is 13.5. The molecule has 0 aliphatic rings. The Morgan fingerprint density at radius 3 is 2.42 bits per heavy atom. The van der Waals surface area contributed by atoms with E-state index in [1.807, 2.05) is 26.0 Å². The van der Waals surface area contributed by atoms with Crippen LogP contribution in [0.3, 0.4) is 0 Å². The number of hydrogen-bond acceptors (Lipinski definition) is 4. The number of carbonyl (C=O) groups excluding carboxylic acids is 1. The van der Waals surface area contributed by atoms with Crippen molar-refractivity contribution in [3.8, 4) is 0 Å². The van der Waals surface area contributed by atoms with Gasteiger partial charge in [0.15, 0.2) is 0 Å². The highest BCUT2D eigenvalue weighted by atomic mass is 16.5. The summed E-state index contributed by atoms with van der Waals surface area (Å²) in [6.45, 7) is 6.52. The first-order valence-corrected chi connectivity index (χ1v) is 6.50. The number of carbonyl (C=O) groups is 1. The Balaban J connectivity index is 2.42. The summed E-state index contributed by atoms with van der Waals surface area (Å²) in [7, 11) is 3.44. The smallest absolute Gasteiger partial charge is 0.337 e. The third-order valence-electron chi connectivity index (χ3n) is 2.75. The Hall–Kier alpha value is -1.39. The molecule has 0 aromatic heterocycles. The summed E-state index contributed by atoms with van der Waals surface area (Å²) < 4.78 is 10.2. The maximum Gasteiger partial charge on any atom is 0.337 e. The predicted molar refractivity (Wildman–Crippen MR) is 75.2 cm³/mol. The number of nitrogens with zero attached hydrogens (tertiary/aromatic N) is 1. The molecule has 0 unspecified atom stereocenters. The Labute approximate surface area is 115 Å². The number of rotatable bonds is 7. The number of benzene rings is 1. The van der Waals surface area contributed by atoms with Crippen LogP contribution in [0, 0.1) is 0 Å². The van der Waals surface area contributed by atoms with Gasteiger partial charge in [0.1, 0.15) is 0 Å². The van der Waals surface area contributed by atoms with Crippen LogP contribution in [0.25, 0.3) is 0 Å². The molecule has 0 aliphatic carbocycles. The Bertz CT molecular complexity index is 387. The lowest BCUT2D eigenvalue weighted by Gasteiger charge is -2.17. The van der Waals surface area contributed by atoms with Gasteiger partial charge in [-0.25, -0.2) is 4.79 Å². The predicted octanol–water partition coefficient (Wildman–Crippen LogP) is 2.33. The summed E-state index contributed by atoms with van der Waals surface area (Å²) in [5.41, 5.74) is 1.75. The number of esters is 1. The molecule has 4 nitrogen and oxygen atoms in total. The molecule has 0 bridgehead atoms. The highest BCUT2D eigenvalue weighted by Gasteiger charge is 2.05. The van der Waals surface area contributed by atoms with Crippen molar-refractivity contribution < 1.29 is 14.3 Å². The van der Waals surface area contributed by atoms with Crippen molar-refractivity contribution in [1.82, 2.24) is 4.90 Å². The Morgan fingerprint density at radius 2 is 1.89 bits per heavy atom. The molecule has 0 spiro atoms. The summed E-state index contributed by atoms with van der Waals surface area (Å²) in [5, 5.41) is 0. The molecule has 0 atom stereocenters. The maximum atomic E-state index is 11.3. The zero-order chi connectivity index (χ0) is 14.3. The largest absolute Gasteiger partial charge is 0.465 e. The Kier molecular flexibility index (Phi) is 6.53. The lowest BCUT2D eigenvalue weighted by molar-refractivity contribution is 0.0600. The van der Waals surface area contributed by atoms with E-state index in [1.165, 1.54) is 12.7 Å². The van der Waals surface area contributed by atoms with E-state index in [-0.39, 0.29) is 12.1 Å². The minimum Gasteiger partial charge on any atom is -0.465 e. The van der Waals surface area contributed by atoms with Gasteiger partial charge in [-0.3, -0.25) is 4.90 Å². The van der Waals surface area contributed by atoms with E-state index >= 15 is 0 Å². The van der Waals surface area contributed by atoms with Crippen LogP contribution >= 0.6 is 0 Å². The van der Waals surface area contributed by atoms with Gasteiger partial charge in [0.2, 0.25) is 0 Å². The van der Waals surface area contributed by atoms with E-state index in [9.17, 15) is 4.79 Å². The van der Waals surface area contributed by atoms with Gasteiger partial charge < -0.3 is 9.47 Å². The third kappa shape index (κ3) is 5.85. The first kappa shape index (κ1) is 15.7. The molecule has 0 saturated heterocycles. The van der Waals surface area contributed by atoms with Crippen LogP contribution in [-0.2, 0) is 16.0 Å². The van der Waals surface area contributed by atoms with Gasteiger partial charge in [-0.05, 0) is 38.6 Å². The second kappa shape index (κ2) is 7.92. The van der Waals surface area contributed by atoms with E-state index in [0.717, 1.165) is 19.7 Å². The zero-order valence-corrected chi connectivity index (χ0v) is 12.2. The van der Waals surface area contributed by atoms with E-state index in [2.05, 4.69) is 16.7 Å². The van der Waals surface area contributed by atoms with Crippen molar-refractivity contribution in [3.63, 3.8) is 0 Å². The fourth-order valence-corrected chi connectivity index (χ4v) is 1.70. The van der Waals surface area contributed by atoms with Crippen LogP contribution in [0.4, 0.5) is 0 Å². The number of likely N-dealkylation sites (N-methyl/N-ethyl adjacent to an activating group) is 1. The van der Waals surface area contributed by atoms with Crippen molar-refractivity contribution >= 4 is 5.97 Å². The molecular weight excluding hydrogens is 242 g/mol. The zero-order valence-electron chi connectivity index (χ0n) is 12.2. The van der Waals surface area contributed by atoms with Crippen molar-refractivity contribution in [1.29, 1.82) is 0 Å². The van der Waals surface area contributed by atoms with E-state index in [0.29, 0.717) is 5.56 Å². The SMILES string of the molecule is COC(=O)c1ccc(CN(C)CCOC(C)C)cc1. The van der Waals surface area contributed by atoms with Crippen molar-refractivity contribution in [2.75, 3.05) is 27.3 Å². The molecule has 4 heteroatoms. The monoisotopic (exact) mass is 265 g/mol. The molecule has 1 rings (SSSR count). The lowest BCUT2D eigenvalue weighted by Crippen LogP contribution is -2.24. The van der Waals surface area contributed by atoms with Gasteiger partial charge >= 0.3 is 5.97 Å². The van der Waals surface area contributed by atoms with Crippen LogP contribution in [-0.4, -0.2) is 44.3 Å². The van der Waals surface area contributed by atoms with Crippen LogP contribution in [0.1, 0.15) is 29.8 Å². The molecule has 0 aliphatic heterocycles. The molecule has 1 aromatic carbocycles. The molecular formula is C15H23NO3. The quantitative estimate of drug-likeness (QED) is 0.709. The summed E-state index contributed by atoms with van der Waals surface area (Å²) in [5.74, 6) is -0.301. The van der Waals surface area contributed by atoms with Gasteiger partial charge in [0, 0.05) is 13.1 Å². The van der Waals surface area contributed by atoms with E-state index < -0.39 is 0 Å². The molecule has 0 heterocycles. The average molecular weight is 265 g/mol. The van der Waals surface area contributed by atoms with Gasteiger partial charge in [-0.15, -0.1) is 0 Å². The molecule has 1 aromatic rings. The molecule has 0 N–H and O–H groups in total. The third-order valence-corrected chi connectivity index (χ3v) is 2.75. The van der Waals surface area contributed by atoms with Crippen molar-refractivity contribution in [2.24, 2.45) is 0 Å². The number of methoxy groups -OCH3 is 1. The first-order chi connectivity index (χ1) is 9.02. The minimum absolute atomic E-state index is 0.271. The molecule has 0 radical (unpaired) electrons. The summed E-state index contributed by atoms with van der Waals surface area (Å²) in [6, 6.07) is 7.48. The topological polar surface area (TPSA) is 38.8 Å². The fourth-order valence-electron chi connectivity index (χ4n) is 1.70. The van der Waals surface area contributed by atoms with E-state index in [1.54, 1.807) is 12.1 Å². The molecule has 19 heavy (non-hydrogen) atoms. The average Bonchev–Trinajstić information content (AvgIpc) is 2.38. The van der Waals surface area contributed by atoms with Crippen molar-refractivity contribution in [3.05, 3.63) is 35.4 Å². The standard InChI is InChI=1S/C15H23NO3/c1-12(2)19-10-9-16(3)11-13-5-7-14(8-6-13)15(17)18-4/h5-8,12H,9-11H2,1-4H3. The molecule has 106 valence electrons. The maximum absolute atomic E-state index is 11.3. The normalized spacial score (nSPS) is 11.1. The summed E-state index contributed by atoms with van der Waals surface area (Å²) >= 11 is 0. The number of hydrogen-bond donors (Lipinski definition) is 0. The van der Waals surface area contributed by atoms with Gasteiger partial charge in [-0.2, -0.15) is 0 Å². The second-order valence-corrected chi connectivity index (χ2v) is 4.85. The fraction of sp³-hybridized carbons (Fsp3) is 0.533. The Morgan fingerprint density at radius 1 is 1.26 bits per heavy atom. The van der Waals surface area contributed by atoms with Gasteiger partial charge in [-0.1, -0.05) is 12.1 Å². The highest BCUT2D eigenvalue weighted by molar-refractivity contribution is 5.89. The van der Waals surface area contributed by atoms with Gasteiger partial charge in [0.25, 0.3) is 0 Å². The highest BCUT2D eigenvalue weighted by Crippen LogP contribution is 2.07. The first-order valence-electron chi connectivity index (χ1n) is 6.50. The lowest BCUT2D eigenvalue weighted by atomic mass is 10.1. The summed E-state index contributed by atoms with van der Waals surface area (Å²) in [6.07, 6.45) is 0.271. The minimum atomic E-state index is -0.301. The van der Waals surface area contributed by atoms with Crippen molar-refractivity contribution in [2.45, 2.75) is 26.5 Å². The van der Waals surface area contributed by atoms with Crippen LogP contribution in [0.15, 0.2) is 24.3 Å². The second-order valence-electron chi connectivity index (χ2n) is 4.85. The number of ether oxygens (including phenoxy) is 2. The van der Waals surface area contributed by atoms with Crippen LogP contribution in [0.5, 0.6) is 0 Å². The molecule has 0 fully saturated rings. The van der Waals surface area contributed by atoms with E-state index in [4.69, 9.17) is 4.74 Å². The van der Waals surface area contributed by atoms with Crippen LogP contribution < -0.4 is 0 Å². The van der Waals surface area contributed by atoms with Crippen LogP contribution in [0.2, 0.25) is 0 Å².